The predicted octanol–water partition coefficient (Wildman–Crippen LogP) is 1.48. The minimum absolute atomic E-state index is 0.121. The molecule has 1 amide bonds. The summed E-state index contributed by atoms with van der Waals surface area (Å²) in [5, 5.41) is 9.28. The highest BCUT2D eigenvalue weighted by Gasteiger charge is 2.07. The van der Waals surface area contributed by atoms with Crippen LogP contribution in [-0.4, -0.2) is 16.1 Å². The third kappa shape index (κ3) is 2.84. The smallest absolute Gasteiger partial charge is 0.230 e. The fourth-order valence-corrected chi connectivity index (χ4v) is 1.55. The Bertz CT molecular complexity index is 519. The Balaban J connectivity index is 2.03. The second-order valence-corrected chi connectivity index (χ2v) is 3.90. The number of amides is 1. The third-order valence-corrected chi connectivity index (χ3v) is 2.39. The summed E-state index contributed by atoms with van der Waals surface area (Å²) >= 11 is 0. The first-order valence-corrected chi connectivity index (χ1v) is 5.29. The minimum atomic E-state index is -0.121. The van der Waals surface area contributed by atoms with E-state index in [-0.39, 0.29) is 12.3 Å². The molecule has 17 heavy (non-hydrogen) atoms. The van der Waals surface area contributed by atoms with Gasteiger partial charge in [-0.1, -0.05) is 6.07 Å². The number of benzene rings is 1. The number of nitrogen functional groups attached to an aromatic ring is 1. The molecule has 0 bridgehead atoms. The van der Waals surface area contributed by atoms with Gasteiger partial charge in [-0.3, -0.25) is 9.89 Å². The Labute approximate surface area is 99.0 Å². The topological polar surface area (TPSA) is 83.8 Å². The summed E-state index contributed by atoms with van der Waals surface area (Å²) in [4.78, 5) is 11.7. The van der Waals surface area contributed by atoms with E-state index in [1.807, 2.05) is 19.1 Å². The van der Waals surface area contributed by atoms with Crippen molar-refractivity contribution in [3.8, 4) is 0 Å². The number of hydrogen-bond acceptors (Lipinski definition) is 3. The molecule has 88 valence electrons. The van der Waals surface area contributed by atoms with Crippen LogP contribution in [0.15, 0.2) is 30.5 Å². The molecule has 5 heteroatoms. The van der Waals surface area contributed by atoms with Crippen LogP contribution in [0.25, 0.3) is 0 Å². The molecule has 0 unspecified atom stereocenters. The van der Waals surface area contributed by atoms with Gasteiger partial charge in [-0.2, -0.15) is 5.10 Å². The maximum atomic E-state index is 11.7. The molecule has 1 heterocycles. The summed E-state index contributed by atoms with van der Waals surface area (Å²) < 4.78 is 0. The van der Waals surface area contributed by atoms with Crippen LogP contribution in [0, 0.1) is 6.92 Å². The molecule has 1 aromatic carbocycles. The lowest BCUT2D eigenvalue weighted by molar-refractivity contribution is -0.115. The molecule has 0 aliphatic carbocycles. The lowest BCUT2D eigenvalue weighted by Crippen LogP contribution is -2.15. The minimum Gasteiger partial charge on any atom is -0.397 e. The van der Waals surface area contributed by atoms with Gasteiger partial charge < -0.3 is 11.1 Å². The molecule has 0 saturated carbocycles. The van der Waals surface area contributed by atoms with Gasteiger partial charge in [0.1, 0.15) is 0 Å². The third-order valence-electron chi connectivity index (χ3n) is 2.39. The number of aromatic amines is 1. The monoisotopic (exact) mass is 230 g/mol. The predicted molar refractivity (Wildman–Crippen MR) is 66.5 cm³/mol. The molecule has 0 aliphatic rings. The Morgan fingerprint density at radius 1 is 1.47 bits per heavy atom. The Hall–Kier alpha value is -2.30. The maximum absolute atomic E-state index is 11.7. The summed E-state index contributed by atoms with van der Waals surface area (Å²) in [6, 6.07) is 7.29. The largest absolute Gasteiger partial charge is 0.397 e. The molecule has 0 spiro atoms. The van der Waals surface area contributed by atoms with Crippen LogP contribution < -0.4 is 11.1 Å². The van der Waals surface area contributed by atoms with Gasteiger partial charge in [0.05, 0.1) is 17.8 Å². The first kappa shape index (κ1) is 11.2. The number of nitrogens with zero attached hydrogens (tertiary/aromatic N) is 1. The highest BCUT2D eigenvalue weighted by atomic mass is 16.1. The number of nitrogens with one attached hydrogen (secondary N) is 2. The van der Waals surface area contributed by atoms with E-state index in [1.165, 1.54) is 0 Å². The molecule has 2 aromatic rings. The number of carbonyl (C=O) groups is 1. The van der Waals surface area contributed by atoms with Crippen molar-refractivity contribution in [3.05, 3.63) is 41.7 Å². The van der Waals surface area contributed by atoms with Crippen LogP contribution in [-0.2, 0) is 11.2 Å². The van der Waals surface area contributed by atoms with Gasteiger partial charge in [-0.25, -0.2) is 0 Å². The molecule has 0 radical (unpaired) electrons. The van der Waals surface area contributed by atoms with E-state index in [1.54, 1.807) is 18.3 Å². The number of hydrogen-bond donors (Lipinski definition) is 3. The molecule has 4 N–H and O–H groups in total. The van der Waals surface area contributed by atoms with Crippen LogP contribution in [0.1, 0.15) is 11.3 Å². The van der Waals surface area contributed by atoms with E-state index in [2.05, 4.69) is 15.5 Å². The van der Waals surface area contributed by atoms with Crippen molar-refractivity contribution in [1.82, 2.24) is 10.2 Å². The fraction of sp³-hybridized carbons (Fsp3) is 0.167. The van der Waals surface area contributed by atoms with E-state index in [0.29, 0.717) is 11.4 Å². The number of aromatic nitrogens is 2. The Kier molecular flexibility index (Phi) is 3.09. The van der Waals surface area contributed by atoms with Crippen molar-refractivity contribution in [2.75, 3.05) is 11.1 Å². The Morgan fingerprint density at radius 2 is 2.29 bits per heavy atom. The molecule has 0 aliphatic heterocycles. The van der Waals surface area contributed by atoms with E-state index >= 15 is 0 Å². The molecule has 0 atom stereocenters. The average molecular weight is 230 g/mol. The van der Waals surface area contributed by atoms with Crippen LogP contribution in [0.5, 0.6) is 0 Å². The first-order chi connectivity index (χ1) is 8.15. The quantitative estimate of drug-likeness (QED) is 0.698. The van der Waals surface area contributed by atoms with Crippen molar-refractivity contribution < 1.29 is 4.79 Å². The molecule has 5 nitrogen and oxygen atoms in total. The molecule has 1 aromatic heterocycles. The molecule has 0 fully saturated rings. The van der Waals surface area contributed by atoms with Gasteiger partial charge in [0.2, 0.25) is 5.91 Å². The van der Waals surface area contributed by atoms with Gasteiger partial charge in [0, 0.05) is 11.9 Å². The summed E-state index contributed by atoms with van der Waals surface area (Å²) in [7, 11) is 0. The zero-order valence-corrected chi connectivity index (χ0v) is 9.53. The number of anilines is 2. The van der Waals surface area contributed by atoms with Crippen molar-refractivity contribution in [3.63, 3.8) is 0 Å². The highest BCUT2D eigenvalue weighted by molar-refractivity contribution is 5.94. The number of H-pyrrole nitrogens is 1. The van der Waals surface area contributed by atoms with Crippen LogP contribution in [0.3, 0.4) is 0 Å². The van der Waals surface area contributed by atoms with Crippen LogP contribution >= 0.6 is 0 Å². The zero-order chi connectivity index (χ0) is 12.3. The average Bonchev–Trinajstić information content (AvgIpc) is 2.75. The van der Waals surface area contributed by atoms with E-state index < -0.39 is 0 Å². The van der Waals surface area contributed by atoms with Gasteiger partial charge >= 0.3 is 0 Å². The van der Waals surface area contributed by atoms with Crippen molar-refractivity contribution >= 4 is 17.3 Å². The van der Waals surface area contributed by atoms with Gasteiger partial charge in [-0.05, 0) is 30.7 Å². The van der Waals surface area contributed by atoms with Gasteiger partial charge in [0.25, 0.3) is 0 Å². The number of rotatable bonds is 3. The number of aryl methyl sites for hydroxylation is 1. The molecule has 2 rings (SSSR count). The summed E-state index contributed by atoms with van der Waals surface area (Å²) in [5.74, 6) is -0.121. The summed E-state index contributed by atoms with van der Waals surface area (Å²) in [5.41, 5.74) is 8.85. The highest BCUT2D eigenvalue weighted by Crippen LogP contribution is 2.19. The van der Waals surface area contributed by atoms with E-state index in [0.717, 1.165) is 11.3 Å². The van der Waals surface area contributed by atoms with Gasteiger partial charge in [0.15, 0.2) is 0 Å². The maximum Gasteiger partial charge on any atom is 0.230 e. The zero-order valence-electron chi connectivity index (χ0n) is 9.53. The van der Waals surface area contributed by atoms with Crippen molar-refractivity contribution in [2.45, 2.75) is 13.3 Å². The van der Waals surface area contributed by atoms with Crippen molar-refractivity contribution in [2.24, 2.45) is 0 Å². The standard InChI is InChI=1S/C12H14N4O/c1-8-2-3-11(10(13)6-8)15-12(17)7-9-4-5-14-16-9/h2-6H,7,13H2,1H3,(H,14,16)(H,15,17). The van der Waals surface area contributed by atoms with Crippen LogP contribution in [0.4, 0.5) is 11.4 Å². The summed E-state index contributed by atoms with van der Waals surface area (Å²) in [6.07, 6.45) is 1.87. The second-order valence-electron chi connectivity index (χ2n) is 3.90. The number of nitrogens with two attached hydrogens (primary N) is 1. The van der Waals surface area contributed by atoms with E-state index in [4.69, 9.17) is 5.73 Å². The van der Waals surface area contributed by atoms with Crippen molar-refractivity contribution in [1.29, 1.82) is 0 Å². The first-order valence-electron chi connectivity index (χ1n) is 5.29. The lowest BCUT2D eigenvalue weighted by atomic mass is 10.2. The molecule has 0 saturated heterocycles. The normalized spacial score (nSPS) is 10.2. The van der Waals surface area contributed by atoms with Gasteiger partial charge in [-0.15, -0.1) is 0 Å². The van der Waals surface area contributed by atoms with E-state index in [9.17, 15) is 4.79 Å². The number of carbonyl (C=O) groups excluding carboxylic acids is 1. The summed E-state index contributed by atoms with van der Waals surface area (Å²) in [6.45, 7) is 1.95. The lowest BCUT2D eigenvalue weighted by Gasteiger charge is -2.08. The second kappa shape index (κ2) is 4.69. The molecular formula is C12H14N4O. The fourth-order valence-electron chi connectivity index (χ4n) is 1.55. The Morgan fingerprint density at radius 3 is 2.94 bits per heavy atom. The SMILES string of the molecule is Cc1ccc(NC(=O)Cc2ccn[nH]2)c(N)c1. The van der Waals surface area contributed by atoms with Crippen LogP contribution in [0.2, 0.25) is 0 Å². The molecular weight excluding hydrogens is 216 g/mol.